The molecule has 0 saturated carbocycles. The Morgan fingerprint density at radius 3 is 2.27 bits per heavy atom. The van der Waals surface area contributed by atoms with Crippen LogP contribution in [-0.2, 0) is 17.8 Å². The Hall–Kier alpha value is -2.14. The van der Waals surface area contributed by atoms with Crippen LogP contribution in [0, 0.1) is 25.7 Å². The normalized spacial score (nSPS) is 19.3. The highest BCUT2D eigenvalue weighted by Crippen LogP contribution is 2.23. The van der Waals surface area contributed by atoms with Crippen molar-refractivity contribution in [2.45, 2.75) is 52.5 Å². The zero-order valence-electron chi connectivity index (χ0n) is 18.6. The Kier molecular flexibility index (Phi) is 6.88. The third-order valence-electron chi connectivity index (χ3n) is 6.93. The number of hydrogen-bond acceptors (Lipinski definition) is 3. The number of nitrogens with zero attached hydrogens (tertiary/aromatic N) is 4. The molecule has 2 aliphatic rings. The molecule has 2 fully saturated rings. The van der Waals surface area contributed by atoms with Gasteiger partial charge in [-0.15, -0.1) is 0 Å². The summed E-state index contributed by atoms with van der Waals surface area (Å²) in [5.74, 6) is 1.70. The number of amides is 1. The minimum absolute atomic E-state index is 0.324. The minimum atomic E-state index is 0.324. The second-order valence-electron chi connectivity index (χ2n) is 9.34. The van der Waals surface area contributed by atoms with E-state index in [0.717, 1.165) is 70.5 Å². The number of hydrogen-bond donors (Lipinski definition) is 0. The number of rotatable bonds is 6. The van der Waals surface area contributed by atoms with Gasteiger partial charge >= 0.3 is 0 Å². The molecule has 2 aliphatic heterocycles. The fourth-order valence-electron chi connectivity index (χ4n) is 5.06. The van der Waals surface area contributed by atoms with E-state index in [1.807, 2.05) is 0 Å². The Labute approximate surface area is 181 Å². The third-order valence-corrected chi connectivity index (χ3v) is 6.93. The molecule has 0 aliphatic carbocycles. The molecule has 3 heterocycles. The number of piperidine rings is 2. The molecule has 1 aromatic carbocycles. The predicted octanol–water partition coefficient (Wildman–Crippen LogP) is 3.69. The number of likely N-dealkylation sites (tertiary alicyclic amines) is 2. The molecule has 162 valence electrons. The SMILES string of the molecule is Cc1cc(C)n(CC2CCN(CC(=O)N3CCC(Cc4ccccc4)CC3)CC2)n1. The largest absolute Gasteiger partial charge is 0.342 e. The Morgan fingerprint density at radius 1 is 0.967 bits per heavy atom. The van der Waals surface area contributed by atoms with Crippen LogP contribution in [0.2, 0.25) is 0 Å². The highest BCUT2D eigenvalue weighted by molar-refractivity contribution is 5.78. The van der Waals surface area contributed by atoms with Gasteiger partial charge in [-0.2, -0.15) is 5.10 Å². The first-order valence-electron chi connectivity index (χ1n) is 11.6. The summed E-state index contributed by atoms with van der Waals surface area (Å²) < 4.78 is 2.15. The van der Waals surface area contributed by atoms with E-state index in [2.05, 4.69) is 69.8 Å². The van der Waals surface area contributed by atoms with Gasteiger partial charge in [-0.25, -0.2) is 0 Å². The van der Waals surface area contributed by atoms with Crippen LogP contribution in [0.5, 0.6) is 0 Å². The van der Waals surface area contributed by atoms with Crippen LogP contribution in [0.25, 0.3) is 0 Å². The molecular formula is C25H36N4O. The van der Waals surface area contributed by atoms with Gasteiger partial charge in [-0.05, 0) is 82.5 Å². The van der Waals surface area contributed by atoms with Gasteiger partial charge in [0.15, 0.2) is 0 Å². The third kappa shape index (κ3) is 5.51. The van der Waals surface area contributed by atoms with Gasteiger partial charge in [0.25, 0.3) is 0 Å². The summed E-state index contributed by atoms with van der Waals surface area (Å²) in [5, 5.41) is 4.61. The van der Waals surface area contributed by atoms with Crippen LogP contribution in [0.15, 0.2) is 36.4 Å². The fraction of sp³-hybridized carbons (Fsp3) is 0.600. The van der Waals surface area contributed by atoms with Crippen molar-refractivity contribution in [3.63, 3.8) is 0 Å². The zero-order chi connectivity index (χ0) is 20.9. The maximum atomic E-state index is 12.8. The first-order valence-corrected chi connectivity index (χ1v) is 11.6. The highest BCUT2D eigenvalue weighted by atomic mass is 16.2. The topological polar surface area (TPSA) is 41.4 Å². The van der Waals surface area contributed by atoms with Crippen LogP contribution in [-0.4, -0.2) is 58.2 Å². The lowest BCUT2D eigenvalue weighted by molar-refractivity contribution is -0.134. The van der Waals surface area contributed by atoms with Crippen molar-refractivity contribution in [3.8, 4) is 0 Å². The van der Waals surface area contributed by atoms with Gasteiger partial charge in [0.05, 0.1) is 12.2 Å². The molecule has 0 radical (unpaired) electrons. The summed E-state index contributed by atoms with van der Waals surface area (Å²) in [5.41, 5.74) is 3.77. The van der Waals surface area contributed by atoms with Gasteiger partial charge in [0, 0.05) is 25.3 Å². The van der Waals surface area contributed by atoms with Crippen molar-refractivity contribution in [2.75, 3.05) is 32.7 Å². The van der Waals surface area contributed by atoms with Crippen molar-refractivity contribution in [1.29, 1.82) is 0 Å². The molecule has 30 heavy (non-hydrogen) atoms. The van der Waals surface area contributed by atoms with Crippen LogP contribution in [0.4, 0.5) is 0 Å². The van der Waals surface area contributed by atoms with Gasteiger partial charge in [-0.3, -0.25) is 14.4 Å². The van der Waals surface area contributed by atoms with Crippen LogP contribution >= 0.6 is 0 Å². The molecule has 2 saturated heterocycles. The van der Waals surface area contributed by atoms with Crippen LogP contribution < -0.4 is 0 Å². The average molecular weight is 409 g/mol. The van der Waals surface area contributed by atoms with Crippen molar-refractivity contribution in [1.82, 2.24) is 19.6 Å². The molecule has 5 nitrogen and oxygen atoms in total. The van der Waals surface area contributed by atoms with Crippen molar-refractivity contribution in [2.24, 2.45) is 11.8 Å². The van der Waals surface area contributed by atoms with Crippen molar-refractivity contribution < 1.29 is 4.79 Å². The smallest absolute Gasteiger partial charge is 0.236 e. The summed E-state index contributed by atoms with van der Waals surface area (Å²) in [6.45, 7) is 9.70. The second kappa shape index (κ2) is 9.78. The lowest BCUT2D eigenvalue weighted by atomic mass is 9.90. The maximum Gasteiger partial charge on any atom is 0.236 e. The molecule has 0 atom stereocenters. The number of benzene rings is 1. The van der Waals surface area contributed by atoms with E-state index in [0.29, 0.717) is 24.3 Å². The summed E-state index contributed by atoms with van der Waals surface area (Å²) in [6, 6.07) is 12.9. The van der Waals surface area contributed by atoms with Crippen molar-refractivity contribution >= 4 is 5.91 Å². The molecule has 2 aromatic rings. The summed E-state index contributed by atoms with van der Waals surface area (Å²) in [7, 11) is 0. The van der Waals surface area contributed by atoms with Crippen LogP contribution in [0.1, 0.15) is 42.6 Å². The Balaban J connectivity index is 1.17. The van der Waals surface area contributed by atoms with E-state index in [1.165, 1.54) is 11.3 Å². The molecule has 0 unspecified atom stereocenters. The zero-order valence-corrected chi connectivity index (χ0v) is 18.6. The summed E-state index contributed by atoms with van der Waals surface area (Å²) >= 11 is 0. The van der Waals surface area contributed by atoms with E-state index in [4.69, 9.17) is 0 Å². The minimum Gasteiger partial charge on any atom is -0.342 e. The fourth-order valence-corrected chi connectivity index (χ4v) is 5.06. The van der Waals surface area contributed by atoms with Gasteiger partial charge < -0.3 is 4.90 Å². The molecule has 4 rings (SSSR count). The summed E-state index contributed by atoms with van der Waals surface area (Å²) in [6.07, 6.45) is 5.72. The Bertz CT molecular complexity index is 815. The monoisotopic (exact) mass is 408 g/mol. The summed E-state index contributed by atoms with van der Waals surface area (Å²) in [4.78, 5) is 17.3. The predicted molar refractivity (Wildman–Crippen MR) is 120 cm³/mol. The molecule has 0 bridgehead atoms. The second-order valence-corrected chi connectivity index (χ2v) is 9.34. The molecular weight excluding hydrogens is 372 g/mol. The quantitative estimate of drug-likeness (QED) is 0.732. The lowest BCUT2D eigenvalue weighted by Crippen LogP contribution is -2.46. The number of aromatic nitrogens is 2. The number of carbonyl (C=O) groups excluding carboxylic acids is 1. The number of aryl methyl sites for hydroxylation is 2. The first-order chi connectivity index (χ1) is 14.6. The molecule has 0 N–H and O–H groups in total. The first kappa shape index (κ1) is 21.1. The molecule has 5 heteroatoms. The molecule has 1 amide bonds. The van der Waals surface area contributed by atoms with E-state index in [9.17, 15) is 4.79 Å². The molecule has 0 spiro atoms. The van der Waals surface area contributed by atoms with E-state index >= 15 is 0 Å². The van der Waals surface area contributed by atoms with Gasteiger partial charge in [0.1, 0.15) is 0 Å². The standard InChI is InChI=1S/C25H36N4O/c1-20-16-21(2)29(26-20)18-24-8-12-27(13-9-24)19-25(30)28-14-10-23(11-15-28)17-22-6-4-3-5-7-22/h3-7,16,23-24H,8-15,17-19H2,1-2H3. The molecule has 1 aromatic heterocycles. The van der Waals surface area contributed by atoms with Gasteiger partial charge in [0.2, 0.25) is 5.91 Å². The van der Waals surface area contributed by atoms with E-state index in [1.54, 1.807) is 0 Å². The van der Waals surface area contributed by atoms with E-state index < -0.39 is 0 Å². The van der Waals surface area contributed by atoms with Crippen molar-refractivity contribution in [3.05, 3.63) is 53.3 Å². The Morgan fingerprint density at radius 2 is 1.63 bits per heavy atom. The average Bonchev–Trinajstić information content (AvgIpc) is 3.07. The van der Waals surface area contributed by atoms with Crippen LogP contribution in [0.3, 0.4) is 0 Å². The van der Waals surface area contributed by atoms with E-state index in [-0.39, 0.29) is 0 Å². The number of carbonyl (C=O) groups is 1. The highest BCUT2D eigenvalue weighted by Gasteiger charge is 2.26. The maximum absolute atomic E-state index is 12.8. The van der Waals surface area contributed by atoms with Gasteiger partial charge in [-0.1, -0.05) is 30.3 Å². The lowest BCUT2D eigenvalue weighted by Gasteiger charge is -2.36.